The Morgan fingerprint density at radius 1 is 1.25 bits per heavy atom. The van der Waals surface area contributed by atoms with Crippen molar-refractivity contribution in [3.8, 4) is 0 Å². The highest BCUT2D eigenvalue weighted by molar-refractivity contribution is 5.81. The van der Waals surface area contributed by atoms with Gasteiger partial charge in [-0.05, 0) is 7.05 Å². The molecule has 96 valence electrons. The molecule has 0 saturated heterocycles. The predicted molar refractivity (Wildman–Crippen MR) is 47.2 cm³/mol. The van der Waals surface area contributed by atoms with Crippen molar-refractivity contribution in [2.45, 2.75) is 18.5 Å². The van der Waals surface area contributed by atoms with Crippen LogP contribution in [0.4, 0.5) is 22.0 Å². The normalized spacial score (nSPS) is 12.7. The van der Waals surface area contributed by atoms with Gasteiger partial charge in [-0.15, -0.1) is 0 Å². The summed E-state index contributed by atoms with van der Waals surface area (Å²) in [5.74, 6) is -5.25. The van der Waals surface area contributed by atoms with E-state index in [0.717, 1.165) is 7.05 Å². The predicted octanol–water partition coefficient (Wildman–Crippen LogP) is 1.25. The van der Waals surface area contributed by atoms with Crippen molar-refractivity contribution >= 4 is 5.91 Å². The number of nitrogens with zero attached hydrogens (tertiary/aromatic N) is 1. The third-order valence-electron chi connectivity index (χ3n) is 1.84. The molecule has 1 N–H and O–H groups in total. The van der Waals surface area contributed by atoms with Gasteiger partial charge in [-0.2, -0.15) is 13.2 Å². The van der Waals surface area contributed by atoms with E-state index in [1.54, 1.807) is 0 Å². The summed E-state index contributed by atoms with van der Waals surface area (Å²) in [4.78, 5) is 10.8. The van der Waals surface area contributed by atoms with Crippen molar-refractivity contribution < 1.29 is 26.7 Å². The summed E-state index contributed by atoms with van der Waals surface area (Å²) in [6.45, 7) is -1.28. The maximum absolute atomic E-state index is 12.9. The molecule has 0 bridgehead atoms. The van der Waals surface area contributed by atoms with E-state index < -0.39 is 37.5 Å². The minimum absolute atomic E-state index is 0.240. The van der Waals surface area contributed by atoms with E-state index in [1.165, 1.54) is 7.05 Å². The van der Waals surface area contributed by atoms with Crippen molar-refractivity contribution in [3.05, 3.63) is 0 Å². The van der Waals surface area contributed by atoms with E-state index in [9.17, 15) is 26.7 Å². The molecule has 0 unspecified atom stereocenters. The van der Waals surface area contributed by atoms with Crippen LogP contribution in [0.1, 0.15) is 6.42 Å². The first kappa shape index (κ1) is 15.1. The van der Waals surface area contributed by atoms with Crippen LogP contribution in [0.15, 0.2) is 0 Å². The average Bonchev–Trinajstić information content (AvgIpc) is 2.11. The molecule has 0 saturated carbocycles. The molecule has 0 aliphatic rings. The zero-order valence-corrected chi connectivity index (χ0v) is 8.87. The molecule has 0 heterocycles. The van der Waals surface area contributed by atoms with Crippen LogP contribution in [-0.2, 0) is 4.79 Å². The molecule has 0 aliphatic carbocycles. The van der Waals surface area contributed by atoms with Crippen LogP contribution < -0.4 is 5.32 Å². The molecule has 0 aromatic carbocycles. The van der Waals surface area contributed by atoms with Crippen LogP contribution in [0.25, 0.3) is 0 Å². The summed E-state index contributed by atoms with van der Waals surface area (Å²) < 4.78 is 61.4. The molecule has 1 amide bonds. The largest absolute Gasteiger partial charge is 0.471 e. The number of nitrogens with one attached hydrogen (secondary N) is 1. The first-order chi connectivity index (χ1) is 7.10. The highest BCUT2D eigenvalue weighted by atomic mass is 19.4. The molecule has 0 radical (unpaired) electrons. The van der Waals surface area contributed by atoms with Gasteiger partial charge in [0.15, 0.2) is 0 Å². The number of carbonyl (C=O) groups is 1. The lowest BCUT2D eigenvalue weighted by Gasteiger charge is -2.22. The third kappa shape index (κ3) is 5.24. The molecule has 0 aliphatic heterocycles. The van der Waals surface area contributed by atoms with Crippen molar-refractivity contribution in [2.24, 2.45) is 0 Å². The summed E-state index contributed by atoms with van der Waals surface area (Å²) in [5.41, 5.74) is 0. The van der Waals surface area contributed by atoms with Gasteiger partial charge < -0.3 is 10.2 Å². The van der Waals surface area contributed by atoms with Crippen LogP contribution in [0.5, 0.6) is 0 Å². The average molecular weight is 248 g/mol. The van der Waals surface area contributed by atoms with Crippen molar-refractivity contribution in [1.82, 2.24) is 10.2 Å². The van der Waals surface area contributed by atoms with Gasteiger partial charge in [-0.1, -0.05) is 0 Å². The summed E-state index contributed by atoms with van der Waals surface area (Å²) in [6, 6.07) is 0. The van der Waals surface area contributed by atoms with E-state index in [4.69, 9.17) is 0 Å². The molecule has 0 fully saturated rings. The number of alkyl halides is 5. The first-order valence-corrected chi connectivity index (χ1v) is 4.45. The number of halogens is 5. The van der Waals surface area contributed by atoms with Crippen molar-refractivity contribution in [1.29, 1.82) is 0 Å². The Labute approximate surface area is 89.6 Å². The molecule has 16 heavy (non-hydrogen) atoms. The molecule has 0 aromatic heterocycles. The summed E-state index contributed by atoms with van der Waals surface area (Å²) in [6.07, 6.45) is -5.83. The maximum atomic E-state index is 12.9. The van der Waals surface area contributed by atoms with Gasteiger partial charge in [-0.25, -0.2) is 8.78 Å². The Balaban J connectivity index is 4.17. The van der Waals surface area contributed by atoms with E-state index in [1.807, 2.05) is 0 Å². The quantitative estimate of drug-likeness (QED) is 0.743. The SMILES string of the molecule is CNCC(F)(F)CCN(C)C(=O)C(F)(F)F. The van der Waals surface area contributed by atoms with Crippen LogP contribution in [0.3, 0.4) is 0 Å². The number of amides is 1. The fraction of sp³-hybridized carbons (Fsp3) is 0.875. The Morgan fingerprint density at radius 3 is 2.12 bits per heavy atom. The third-order valence-corrected chi connectivity index (χ3v) is 1.84. The number of hydrogen-bond donors (Lipinski definition) is 1. The van der Waals surface area contributed by atoms with Crippen LogP contribution in [0, 0.1) is 0 Å². The lowest BCUT2D eigenvalue weighted by atomic mass is 10.2. The number of hydrogen-bond acceptors (Lipinski definition) is 2. The molecule has 0 aromatic rings. The highest BCUT2D eigenvalue weighted by Gasteiger charge is 2.41. The molecule has 0 rings (SSSR count). The van der Waals surface area contributed by atoms with Gasteiger partial charge in [0.25, 0.3) is 5.92 Å². The lowest BCUT2D eigenvalue weighted by Crippen LogP contribution is -2.41. The molecule has 3 nitrogen and oxygen atoms in total. The standard InChI is InChI=1S/C8H13F5N2O/c1-14-5-7(9,10)3-4-15(2)6(16)8(11,12)13/h14H,3-5H2,1-2H3. The second-order valence-corrected chi connectivity index (χ2v) is 3.36. The van der Waals surface area contributed by atoms with Gasteiger partial charge in [0.05, 0.1) is 6.54 Å². The second kappa shape index (κ2) is 5.42. The van der Waals surface area contributed by atoms with Gasteiger partial charge in [0.1, 0.15) is 0 Å². The number of rotatable bonds is 5. The molecular formula is C8H13F5N2O. The Hall–Kier alpha value is -0.920. The van der Waals surface area contributed by atoms with Crippen LogP contribution in [0.2, 0.25) is 0 Å². The molecule has 0 atom stereocenters. The van der Waals surface area contributed by atoms with E-state index in [2.05, 4.69) is 5.32 Å². The molecule has 0 spiro atoms. The Morgan fingerprint density at radius 2 is 1.75 bits per heavy atom. The summed E-state index contributed by atoms with van der Waals surface area (Å²) in [7, 11) is 2.14. The monoisotopic (exact) mass is 248 g/mol. The minimum atomic E-state index is -5.02. The van der Waals surface area contributed by atoms with Crippen molar-refractivity contribution in [3.63, 3.8) is 0 Å². The first-order valence-electron chi connectivity index (χ1n) is 4.45. The van der Waals surface area contributed by atoms with E-state index >= 15 is 0 Å². The van der Waals surface area contributed by atoms with Crippen molar-refractivity contribution in [2.75, 3.05) is 27.2 Å². The van der Waals surface area contributed by atoms with Gasteiger partial charge >= 0.3 is 12.1 Å². The lowest BCUT2D eigenvalue weighted by molar-refractivity contribution is -0.184. The zero-order chi connectivity index (χ0) is 13.0. The molecular weight excluding hydrogens is 235 g/mol. The molecule has 8 heteroatoms. The highest BCUT2D eigenvalue weighted by Crippen LogP contribution is 2.21. The summed E-state index contributed by atoms with van der Waals surface area (Å²) >= 11 is 0. The second-order valence-electron chi connectivity index (χ2n) is 3.36. The zero-order valence-electron chi connectivity index (χ0n) is 8.87. The van der Waals surface area contributed by atoms with E-state index in [0.29, 0.717) is 0 Å². The van der Waals surface area contributed by atoms with Gasteiger partial charge in [0.2, 0.25) is 0 Å². The maximum Gasteiger partial charge on any atom is 0.471 e. The fourth-order valence-corrected chi connectivity index (χ4v) is 0.996. The minimum Gasteiger partial charge on any atom is -0.338 e. The smallest absolute Gasteiger partial charge is 0.338 e. The van der Waals surface area contributed by atoms with Crippen LogP contribution in [-0.4, -0.2) is 50.1 Å². The van der Waals surface area contributed by atoms with Gasteiger partial charge in [0, 0.05) is 20.0 Å². The fourth-order valence-electron chi connectivity index (χ4n) is 0.996. The Kier molecular flexibility index (Phi) is 5.11. The topological polar surface area (TPSA) is 32.3 Å². The van der Waals surface area contributed by atoms with E-state index in [-0.39, 0.29) is 4.90 Å². The van der Waals surface area contributed by atoms with Gasteiger partial charge in [-0.3, -0.25) is 4.79 Å². The summed E-state index contributed by atoms with van der Waals surface area (Å²) in [5, 5.41) is 2.22. The Bertz CT molecular complexity index is 241. The number of carbonyl (C=O) groups excluding carboxylic acids is 1. The van der Waals surface area contributed by atoms with Crippen LogP contribution >= 0.6 is 0 Å².